The van der Waals surface area contributed by atoms with Crippen LogP contribution in [0.5, 0.6) is 5.75 Å². The molecule has 1 amide bonds. The van der Waals surface area contributed by atoms with Crippen LogP contribution in [0, 0.1) is 5.92 Å². The van der Waals surface area contributed by atoms with Gasteiger partial charge in [0.15, 0.2) is 0 Å². The maximum atomic E-state index is 12.0. The van der Waals surface area contributed by atoms with E-state index >= 15 is 0 Å². The van der Waals surface area contributed by atoms with Crippen molar-refractivity contribution in [1.29, 1.82) is 0 Å². The lowest BCUT2D eigenvalue weighted by molar-refractivity contribution is 0.0947. The van der Waals surface area contributed by atoms with Crippen molar-refractivity contribution in [2.75, 3.05) is 26.2 Å². The number of nitrogens with one attached hydrogen (secondary N) is 1. The molecular formula is C14H19ClN2O2. The molecule has 1 saturated heterocycles. The first kappa shape index (κ1) is 14.2. The molecule has 1 aliphatic heterocycles. The smallest absolute Gasteiger partial charge is 0.251 e. The molecule has 1 unspecified atom stereocenters. The van der Waals surface area contributed by atoms with Gasteiger partial charge in [0.1, 0.15) is 5.75 Å². The van der Waals surface area contributed by atoms with Gasteiger partial charge in [-0.15, -0.1) is 0 Å². The summed E-state index contributed by atoms with van der Waals surface area (Å²) >= 11 is 5.79. The highest BCUT2D eigenvalue weighted by Gasteiger charge is 2.21. The van der Waals surface area contributed by atoms with E-state index in [0.717, 1.165) is 26.1 Å². The Hall–Kier alpha value is -1.26. The number of phenolic OH excluding ortho intramolecular Hbond substituents is 1. The van der Waals surface area contributed by atoms with Crippen LogP contribution in [0.15, 0.2) is 18.2 Å². The van der Waals surface area contributed by atoms with Crippen LogP contribution in [-0.4, -0.2) is 42.1 Å². The molecule has 0 radical (unpaired) electrons. The molecule has 104 valence electrons. The van der Waals surface area contributed by atoms with Crippen LogP contribution < -0.4 is 5.32 Å². The van der Waals surface area contributed by atoms with Gasteiger partial charge in [-0.1, -0.05) is 18.5 Å². The van der Waals surface area contributed by atoms with Crippen molar-refractivity contribution >= 4 is 17.5 Å². The minimum absolute atomic E-state index is 0.00685. The summed E-state index contributed by atoms with van der Waals surface area (Å²) in [5.41, 5.74) is 0.480. The molecule has 0 aromatic heterocycles. The first-order valence-corrected chi connectivity index (χ1v) is 6.97. The van der Waals surface area contributed by atoms with Crippen LogP contribution in [-0.2, 0) is 0 Å². The van der Waals surface area contributed by atoms with Crippen LogP contribution in [0.1, 0.15) is 23.7 Å². The second kappa shape index (κ2) is 6.26. The summed E-state index contributed by atoms with van der Waals surface area (Å²) in [4.78, 5) is 14.3. The molecule has 5 heteroatoms. The van der Waals surface area contributed by atoms with E-state index in [1.54, 1.807) is 6.07 Å². The van der Waals surface area contributed by atoms with Gasteiger partial charge in [0, 0.05) is 18.7 Å². The normalized spacial score (nSPS) is 19.6. The number of aromatic hydroxyl groups is 1. The van der Waals surface area contributed by atoms with E-state index in [4.69, 9.17) is 11.6 Å². The molecule has 1 aromatic carbocycles. The van der Waals surface area contributed by atoms with Crippen molar-refractivity contribution in [2.45, 2.75) is 13.3 Å². The van der Waals surface area contributed by atoms with Gasteiger partial charge >= 0.3 is 0 Å². The Balaban J connectivity index is 1.86. The number of likely N-dealkylation sites (tertiary alicyclic amines) is 1. The van der Waals surface area contributed by atoms with E-state index < -0.39 is 0 Å². The molecule has 1 aromatic rings. The lowest BCUT2D eigenvalue weighted by Crippen LogP contribution is -2.31. The predicted molar refractivity (Wildman–Crippen MR) is 75.7 cm³/mol. The Morgan fingerprint density at radius 2 is 2.37 bits per heavy atom. The van der Waals surface area contributed by atoms with Crippen LogP contribution in [0.3, 0.4) is 0 Å². The highest BCUT2D eigenvalue weighted by molar-refractivity contribution is 6.32. The molecule has 1 heterocycles. The maximum absolute atomic E-state index is 12.0. The highest BCUT2D eigenvalue weighted by atomic mass is 35.5. The van der Waals surface area contributed by atoms with Crippen LogP contribution in [0.25, 0.3) is 0 Å². The van der Waals surface area contributed by atoms with E-state index in [-0.39, 0.29) is 16.7 Å². The van der Waals surface area contributed by atoms with Gasteiger partial charge in [0.25, 0.3) is 5.91 Å². The number of carbonyl (C=O) groups excluding carboxylic acids is 1. The van der Waals surface area contributed by atoms with Gasteiger partial charge in [0.05, 0.1) is 5.02 Å². The lowest BCUT2D eigenvalue weighted by atomic mass is 10.1. The molecule has 0 bridgehead atoms. The van der Waals surface area contributed by atoms with Gasteiger partial charge in [-0.05, 0) is 43.6 Å². The second-order valence-corrected chi connectivity index (χ2v) is 5.33. The van der Waals surface area contributed by atoms with Crippen molar-refractivity contribution in [3.8, 4) is 5.75 Å². The van der Waals surface area contributed by atoms with Crippen molar-refractivity contribution in [3.63, 3.8) is 0 Å². The molecule has 19 heavy (non-hydrogen) atoms. The number of phenols is 1. The lowest BCUT2D eigenvalue weighted by Gasteiger charge is -2.13. The third-order valence-corrected chi connectivity index (χ3v) is 3.88. The second-order valence-electron chi connectivity index (χ2n) is 4.92. The van der Waals surface area contributed by atoms with E-state index in [9.17, 15) is 9.90 Å². The Kier molecular flexibility index (Phi) is 4.66. The standard InChI is InChI=1S/C14H19ClN2O2/c1-2-17-6-5-10(9-17)8-16-14(19)11-3-4-13(18)12(15)7-11/h3-4,7,10,18H,2,5-6,8-9H2,1H3,(H,16,19). The zero-order valence-electron chi connectivity index (χ0n) is 11.0. The Labute approximate surface area is 118 Å². The maximum Gasteiger partial charge on any atom is 0.251 e. The summed E-state index contributed by atoms with van der Waals surface area (Å²) in [6.45, 7) is 6.07. The van der Waals surface area contributed by atoms with Crippen molar-refractivity contribution < 1.29 is 9.90 Å². The van der Waals surface area contributed by atoms with Crippen LogP contribution in [0.4, 0.5) is 0 Å². The SMILES string of the molecule is CCN1CCC(CNC(=O)c2ccc(O)c(Cl)c2)C1. The number of carbonyl (C=O) groups is 1. The average molecular weight is 283 g/mol. The van der Waals surface area contributed by atoms with Crippen molar-refractivity contribution in [2.24, 2.45) is 5.92 Å². The number of rotatable bonds is 4. The molecule has 1 fully saturated rings. The largest absolute Gasteiger partial charge is 0.506 e. The van der Waals surface area contributed by atoms with Crippen molar-refractivity contribution in [3.05, 3.63) is 28.8 Å². The predicted octanol–water partition coefficient (Wildman–Crippen LogP) is 2.12. The molecule has 2 rings (SSSR count). The van der Waals surface area contributed by atoms with E-state index in [1.165, 1.54) is 12.1 Å². The third kappa shape index (κ3) is 3.61. The number of hydrogen-bond acceptors (Lipinski definition) is 3. The fourth-order valence-electron chi connectivity index (χ4n) is 2.35. The van der Waals surface area contributed by atoms with Gasteiger partial charge in [-0.25, -0.2) is 0 Å². The number of amides is 1. The quantitative estimate of drug-likeness (QED) is 0.889. The molecule has 1 atom stereocenters. The number of halogens is 1. The topological polar surface area (TPSA) is 52.6 Å². The summed E-state index contributed by atoms with van der Waals surface area (Å²) in [7, 11) is 0. The Morgan fingerprint density at radius 1 is 1.58 bits per heavy atom. The molecular weight excluding hydrogens is 264 g/mol. The van der Waals surface area contributed by atoms with E-state index in [2.05, 4.69) is 17.1 Å². The van der Waals surface area contributed by atoms with E-state index in [0.29, 0.717) is 18.0 Å². The first-order valence-electron chi connectivity index (χ1n) is 6.59. The number of nitrogens with zero attached hydrogens (tertiary/aromatic N) is 1. The average Bonchev–Trinajstić information content (AvgIpc) is 2.87. The molecule has 2 N–H and O–H groups in total. The molecule has 0 saturated carbocycles. The summed E-state index contributed by atoms with van der Waals surface area (Å²) in [5.74, 6) is 0.376. The minimum Gasteiger partial charge on any atom is -0.506 e. The van der Waals surface area contributed by atoms with E-state index in [1.807, 2.05) is 0 Å². The van der Waals surface area contributed by atoms with Crippen LogP contribution >= 0.6 is 11.6 Å². The highest BCUT2D eigenvalue weighted by Crippen LogP contribution is 2.23. The molecule has 4 nitrogen and oxygen atoms in total. The third-order valence-electron chi connectivity index (χ3n) is 3.58. The molecule has 0 aliphatic carbocycles. The summed E-state index contributed by atoms with van der Waals surface area (Å²) in [6.07, 6.45) is 1.13. The fourth-order valence-corrected chi connectivity index (χ4v) is 2.53. The molecule has 1 aliphatic rings. The first-order chi connectivity index (χ1) is 9.10. The zero-order valence-corrected chi connectivity index (χ0v) is 11.8. The Morgan fingerprint density at radius 3 is 3.00 bits per heavy atom. The minimum atomic E-state index is -0.142. The molecule has 0 spiro atoms. The van der Waals surface area contributed by atoms with Gasteiger partial charge in [-0.2, -0.15) is 0 Å². The number of benzene rings is 1. The summed E-state index contributed by atoms with van der Waals surface area (Å²) in [6, 6.07) is 4.49. The monoisotopic (exact) mass is 282 g/mol. The zero-order chi connectivity index (χ0) is 13.8. The summed E-state index contributed by atoms with van der Waals surface area (Å²) in [5, 5.41) is 12.4. The number of hydrogen-bond donors (Lipinski definition) is 2. The fraction of sp³-hybridized carbons (Fsp3) is 0.500. The van der Waals surface area contributed by atoms with Crippen molar-refractivity contribution in [1.82, 2.24) is 10.2 Å². The van der Waals surface area contributed by atoms with Crippen LogP contribution in [0.2, 0.25) is 5.02 Å². The summed E-state index contributed by atoms with van der Waals surface area (Å²) < 4.78 is 0. The van der Waals surface area contributed by atoms with Gasteiger partial charge in [-0.3, -0.25) is 4.79 Å². The van der Waals surface area contributed by atoms with Gasteiger partial charge in [0.2, 0.25) is 0 Å². The van der Waals surface area contributed by atoms with Gasteiger partial charge < -0.3 is 15.3 Å². The Bertz CT molecular complexity index is 465.